The summed E-state index contributed by atoms with van der Waals surface area (Å²) in [7, 11) is 0. The molecule has 1 amide bonds. The molecule has 1 N–H and O–H groups in total. The van der Waals surface area contributed by atoms with Gasteiger partial charge in [-0.25, -0.2) is 0 Å². The Morgan fingerprint density at radius 1 is 1.27 bits per heavy atom. The van der Waals surface area contributed by atoms with Crippen molar-refractivity contribution in [3.8, 4) is 5.75 Å². The van der Waals surface area contributed by atoms with Gasteiger partial charge in [-0.3, -0.25) is 14.9 Å². The zero-order valence-corrected chi connectivity index (χ0v) is 15.6. The van der Waals surface area contributed by atoms with Gasteiger partial charge >= 0.3 is 0 Å². The van der Waals surface area contributed by atoms with Crippen molar-refractivity contribution in [2.45, 2.75) is 39.2 Å². The number of rotatable bonds is 7. The Balaban J connectivity index is 2.12. The molecule has 0 radical (unpaired) electrons. The monoisotopic (exact) mass is 376 g/mol. The van der Waals surface area contributed by atoms with E-state index in [0.29, 0.717) is 11.7 Å². The molecule has 2 aromatic rings. The summed E-state index contributed by atoms with van der Waals surface area (Å²) in [6, 6.07) is 11.7. The van der Waals surface area contributed by atoms with Crippen LogP contribution in [0.5, 0.6) is 5.75 Å². The molecule has 138 valence electrons. The van der Waals surface area contributed by atoms with Crippen LogP contribution < -0.4 is 10.1 Å². The van der Waals surface area contributed by atoms with Crippen LogP contribution in [0.15, 0.2) is 42.5 Å². The number of carbonyl (C=O) groups excluding carboxylic acids is 1. The molecular formula is C19H21ClN2O4. The minimum absolute atomic E-state index is 0.0137. The lowest BCUT2D eigenvalue weighted by molar-refractivity contribution is -0.384. The van der Waals surface area contributed by atoms with Gasteiger partial charge in [0.15, 0.2) is 6.10 Å². The second kappa shape index (κ2) is 8.67. The molecule has 26 heavy (non-hydrogen) atoms. The van der Waals surface area contributed by atoms with Crippen LogP contribution in [0.4, 0.5) is 11.4 Å². The summed E-state index contributed by atoms with van der Waals surface area (Å²) in [4.78, 5) is 22.7. The molecule has 0 aliphatic carbocycles. The Labute approximate surface area is 157 Å². The maximum absolute atomic E-state index is 12.4. The van der Waals surface area contributed by atoms with E-state index in [4.69, 9.17) is 16.3 Å². The average Bonchev–Trinajstić information content (AvgIpc) is 2.62. The highest BCUT2D eigenvalue weighted by atomic mass is 35.5. The van der Waals surface area contributed by atoms with E-state index in [-0.39, 0.29) is 16.4 Å². The quantitative estimate of drug-likeness (QED) is 0.534. The van der Waals surface area contributed by atoms with Crippen LogP contribution >= 0.6 is 11.6 Å². The number of anilines is 1. The fraction of sp³-hybridized carbons (Fsp3) is 0.316. The predicted molar refractivity (Wildman–Crippen MR) is 102 cm³/mol. The van der Waals surface area contributed by atoms with Crippen molar-refractivity contribution in [3.05, 3.63) is 63.2 Å². The molecule has 7 heteroatoms. The summed E-state index contributed by atoms with van der Waals surface area (Å²) in [5, 5.41) is 13.6. The van der Waals surface area contributed by atoms with E-state index >= 15 is 0 Å². The van der Waals surface area contributed by atoms with Crippen molar-refractivity contribution in [2.75, 3.05) is 5.32 Å². The first-order valence-corrected chi connectivity index (χ1v) is 8.71. The minimum atomic E-state index is -0.769. The minimum Gasteiger partial charge on any atom is -0.481 e. The van der Waals surface area contributed by atoms with E-state index in [9.17, 15) is 14.9 Å². The second-order valence-electron chi connectivity index (χ2n) is 6.02. The predicted octanol–water partition coefficient (Wildman–Crippen LogP) is 5.17. The maximum atomic E-state index is 12.4. The number of nitrogens with zero attached hydrogens (tertiary/aromatic N) is 1. The lowest BCUT2D eigenvalue weighted by Crippen LogP contribution is -2.30. The van der Waals surface area contributed by atoms with E-state index in [0.717, 1.165) is 12.0 Å². The first-order valence-electron chi connectivity index (χ1n) is 8.33. The molecule has 0 unspecified atom stereocenters. The van der Waals surface area contributed by atoms with Crippen molar-refractivity contribution in [1.82, 2.24) is 0 Å². The zero-order chi connectivity index (χ0) is 19.3. The van der Waals surface area contributed by atoms with Gasteiger partial charge in [-0.05, 0) is 43.0 Å². The number of carbonyl (C=O) groups is 1. The van der Waals surface area contributed by atoms with Gasteiger partial charge in [0, 0.05) is 11.8 Å². The van der Waals surface area contributed by atoms with Gasteiger partial charge in [0.05, 0.1) is 4.92 Å². The lowest BCUT2D eigenvalue weighted by Gasteiger charge is -2.19. The molecule has 0 bridgehead atoms. The number of amides is 1. The van der Waals surface area contributed by atoms with Crippen LogP contribution in [0.1, 0.15) is 38.7 Å². The van der Waals surface area contributed by atoms with Crippen molar-refractivity contribution in [3.63, 3.8) is 0 Å². The van der Waals surface area contributed by atoms with Gasteiger partial charge in [-0.15, -0.1) is 0 Å². The van der Waals surface area contributed by atoms with Gasteiger partial charge in [0.25, 0.3) is 11.6 Å². The summed E-state index contributed by atoms with van der Waals surface area (Å²) in [5.41, 5.74) is 1.06. The summed E-state index contributed by atoms with van der Waals surface area (Å²) >= 11 is 5.78. The number of para-hydroxylation sites is 1. The van der Waals surface area contributed by atoms with Crippen molar-refractivity contribution < 1.29 is 14.5 Å². The number of nitrogens with one attached hydrogen (secondary N) is 1. The van der Waals surface area contributed by atoms with Gasteiger partial charge in [0.2, 0.25) is 0 Å². The number of hydrogen-bond acceptors (Lipinski definition) is 4. The third-order valence-corrected chi connectivity index (χ3v) is 4.47. The lowest BCUT2D eigenvalue weighted by atomic mass is 9.98. The summed E-state index contributed by atoms with van der Waals surface area (Å²) in [5.74, 6) is 0.563. The van der Waals surface area contributed by atoms with E-state index < -0.39 is 16.9 Å². The van der Waals surface area contributed by atoms with Crippen molar-refractivity contribution in [2.24, 2.45) is 0 Å². The Bertz CT molecular complexity index is 810. The Morgan fingerprint density at radius 3 is 2.62 bits per heavy atom. The molecule has 0 fully saturated rings. The van der Waals surface area contributed by atoms with E-state index in [1.807, 2.05) is 24.3 Å². The zero-order valence-electron chi connectivity index (χ0n) is 14.9. The van der Waals surface area contributed by atoms with E-state index in [2.05, 4.69) is 19.2 Å². The number of nitro benzene ring substituents is 1. The summed E-state index contributed by atoms with van der Waals surface area (Å²) in [6.45, 7) is 5.82. The van der Waals surface area contributed by atoms with E-state index in [1.165, 1.54) is 18.2 Å². The van der Waals surface area contributed by atoms with Crippen LogP contribution in [0.25, 0.3) is 0 Å². The normalized spacial score (nSPS) is 12.9. The highest BCUT2D eigenvalue weighted by Crippen LogP contribution is 2.30. The SMILES string of the molecule is CC[C@@H](C)c1ccccc1O[C@H](C)C(=O)Nc1ccc(Cl)c([N+](=O)[O-])c1. The van der Waals surface area contributed by atoms with Crippen molar-refractivity contribution >= 4 is 28.9 Å². The highest BCUT2D eigenvalue weighted by Gasteiger charge is 2.20. The Morgan fingerprint density at radius 2 is 1.96 bits per heavy atom. The smallest absolute Gasteiger partial charge is 0.289 e. The summed E-state index contributed by atoms with van der Waals surface area (Å²) in [6.07, 6.45) is 0.185. The Kier molecular flexibility index (Phi) is 6.58. The molecule has 2 aromatic carbocycles. The largest absolute Gasteiger partial charge is 0.481 e. The fourth-order valence-electron chi connectivity index (χ4n) is 2.43. The van der Waals surface area contributed by atoms with Gasteiger partial charge < -0.3 is 10.1 Å². The second-order valence-corrected chi connectivity index (χ2v) is 6.43. The molecule has 2 atom stereocenters. The number of benzene rings is 2. The molecule has 0 aliphatic heterocycles. The maximum Gasteiger partial charge on any atom is 0.289 e. The molecular weight excluding hydrogens is 356 g/mol. The molecule has 2 rings (SSSR count). The van der Waals surface area contributed by atoms with Gasteiger partial charge in [0.1, 0.15) is 10.8 Å². The number of hydrogen-bond donors (Lipinski definition) is 1. The van der Waals surface area contributed by atoms with Crippen LogP contribution in [-0.2, 0) is 4.79 Å². The standard InChI is InChI=1S/C19H21ClN2O4/c1-4-12(2)15-7-5-6-8-18(15)26-13(3)19(23)21-14-9-10-16(20)17(11-14)22(24)25/h5-13H,4H2,1-3H3,(H,21,23)/t12-,13-/m1/s1. The molecule has 0 spiro atoms. The Hall–Kier alpha value is -2.60. The molecule has 0 saturated heterocycles. The molecule has 0 heterocycles. The fourth-order valence-corrected chi connectivity index (χ4v) is 2.62. The first kappa shape index (κ1) is 19.7. The van der Waals surface area contributed by atoms with E-state index in [1.54, 1.807) is 6.92 Å². The third kappa shape index (κ3) is 4.73. The molecule has 0 aliphatic rings. The number of halogens is 1. The first-order chi connectivity index (χ1) is 12.3. The van der Waals surface area contributed by atoms with Crippen LogP contribution in [-0.4, -0.2) is 16.9 Å². The average molecular weight is 377 g/mol. The van der Waals surface area contributed by atoms with Gasteiger partial charge in [-0.2, -0.15) is 0 Å². The molecule has 0 saturated carbocycles. The third-order valence-electron chi connectivity index (χ3n) is 4.15. The highest BCUT2D eigenvalue weighted by molar-refractivity contribution is 6.32. The van der Waals surface area contributed by atoms with Crippen LogP contribution in [0.2, 0.25) is 5.02 Å². The summed E-state index contributed by atoms with van der Waals surface area (Å²) < 4.78 is 5.83. The number of ether oxygens (including phenoxy) is 1. The topological polar surface area (TPSA) is 81.5 Å². The molecule has 0 aromatic heterocycles. The van der Waals surface area contributed by atoms with Crippen molar-refractivity contribution in [1.29, 1.82) is 0 Å². The molecule has 6 nitrogen and oxygen atoms in total. The number of nitro groups is 1. The van der Waals surface area contributed by atoms with Gasteiger partial charge in [-0.1, -0.05) is 43.6 Å². The van der Waals surface area contributed by atoms with Crippen LogP contribution in [0, 0.1) is 10.1 Å². The van der Waals surface area contributed by atoms with Crippen LogP contribution in [0.3, 0.4) is 0 Å².